The van der Waals surface area contributed by atoms with Crippen LogP contribution >= 0.6 is 0 Å². The zero-order valence-electron chi connectivity index (χ0n) is 55.6. The van der Waals surface area contributed by atoms with Crippen molar-refractivity contribution in [2.24, 2.45) is 30.7 Å². The minimum Gasteiger partial charge on any atom is -0.501 e. The van der Waals surface area contributed by atoms with Gasteiger partial charge >= 0.3 is 0 Å². The number of aryl methyl sites for hydroxylation is 5. The highest BCUT2D eigenvalue weighted by Gasteiger charge is 2.29. The van der Waals surface area contributed by atoms with E-state index in [1.165, 1.54) is 89.9 Å². The van der Waals surface area contributed by atoms with E-state index in [-0.39, 0.29) is 23.6 Å². The van der Waals surface area contributed by atoms with E-state index < -0.39 is 0 Å². The number of carbonyl (C=O) groups is 3. The molecular formula is C69H120N6O5. The standard InChI is InChI=1S/C23H28N4O2.C13H16N2O2.C10H22O.C10H22.C5H10.C4H10.2C2H6/c1-7-17(21(8-2)29-6)19-13-16(12-15(4)24-19)22(28)26-23-25-18-10-9-14(3)11-20(18)27(23)5;1-7-6-11(14-9(3)8(7)2)10-4-5-12(16)15-13(10)17;1-5-6-7-10(8-11-4)9(2)3;1-5-6-10(4)8-7-9(2)3;1-2-4-5-3-1;1-3-4-2;2*1-2/h9-13H,7-8H2,1-6H3,(H,25,26,28);6,10H,4-5H2,1-3H3,(H,15,16,17);9-10H,5-8H2,1-4H3;9-10H,5-8H2,1-4H3;1-5H2;3-4H2,1-2H3;2*1-2H3/b21-17-;;;;;;;. The summed E-state index contributed by atoms with van der Waals surface area (Å²) in [5.41, 5.74) is 10.1. The smallest absolute Gasteiger partial charge is 0.258 e. The Bertz CT molecular complexity index is 2290. The molecular weight excluding hydrogens is 993 g/mol. The third-order valence-electron chi connectivity index (χ3n) is 14.5. The molecule has 2 N–H and O–H groups in total. The molecule has 1 aromatic carbocycles. The zero-order valence-corrected chi connectivity index (χ0v) is 55.6. The Labute approximate surface area is 490 Å². The molecule has 3 unspecified atom stereocenters. The number of nitrogens with one attached hydrogen (secondary N) is 2. The Morgan fingerprint density at radius 2 is 1.35 bits per heavy atom. The summed E-state index contributed by atoms with van der Waals surface area (Å²) in [5.74, 6) is 3.87. The quantitative estimate of drug-likeness (QED) is 0.0699. The predicted octanol–water partition coefficient (Wildman–Crippen LogP) is 19.3. The number of fused-ring (bicyclic) bond motifs is 1. The molecule has 80 heavy (non-hydrogen) atoms. The molecule has 2 fully saturated rings. The van der Waals surface area contributed by atoms with Crippen molar-refractivity contribution < 1.29 is 23.9 Å². The summed E-state index contributed by atoms with van der Waals surface area (Å²) >= 11 is 0. The number of amides is 3. The van der Waals surface area contributed by atoms with Crippen LogP contribution in [0.2, 0.25) is 0 Å². The van der Waals surface area contributed by atoms with Crippen LogP contribution in [0.5, 0.6) is 0 Å². The van der Waals surface area contributed by atoms with Crippen molar-refractivity contribution in [1.82, 2.24) is 24.8 Å². The van der Waals surface area contributed by atoms with Gasteiger partial charge in [-0.2, -0.15) is 0 Å². The van der Waals surface area contributed by atoms with Crippen LogP contribution in [-0.2, 0) is 26.1 Å². The van der Waals surface area contributed by atoms with E-state index in [1.807, 2.05) is 105 Å². The topological polar surface area (TPSA) is 137 Å². The Morgan fingerprint density at radius 3 is 1.82 bits per heavy atom. The summed E-state index contributed by atoms with van der Waals surface area (Å²) in [7, 11) is 5.37. The predicted molar refractivity (Wildman–Crippen MR) is 345 cm³/mol. The van der Waals surface area contributed by atoms with Crippen molar-refractivity contribution in [3.63, 3.8) is 0 Å². The number of unbranched alkanes of at least 4 members (excludes halogenated alkanes) is 2. The number of nitrogens with zero attached hydrogens (tertiary/aromatic N) is 4. The van der Waals surface area contributed by atoms with Crippen molar-refractivity contribution in [2.75, 3.05) is 26.1 Å². The molecule has 456 valence electrons. The number of imide groups is 1. The Balaban J connectivity index is 0. The molecule has 11 heteroatoms. The maximum atomic E-state index is 13.0. The maximum Gasteiger partial charge on any atom is 0.258 e. The molecule has 1 aliphatic heterocycles. The van der Waals surface area contributed by atoms with Crippen LogP contribution in [0.25, 0.3) is 16.6 Å². The number of carbonyl (C=O) groups excluding carboxylic acids is 3. The van der Waals surface area contributed by atoms with Crippen molar-refractivity contribution in [3.8, 4) is 0 Å². The van der Waals surface area contributed by atoms with E-state index in [0.717, 1.165) is 105 Å². The number of hydrogen-bond donors (Lipinski definition) is 2. The molecule has 1 aliphatic carbocycles. The molecule has 3 atom stereocenters. The largest absolute Gasteiger partial charge is 0.501 e. The summed E-state index contributed by atoms with van der Waals surface area (Å²) in [6.07, 6.45) is 22.2. The molecule has 4 heterocycles. The number of methoxy groups -OCH3 is 2. The Hall–Kier alpha value is -4.90. The van der Waals surface area contributed by atoms with Crippen LogP contribution < -0.4 is 10.6 Å². The molecule has 2 aliphatic rings. The van der Waals surface area contributed by atoms with E-state index in [1.54, 1.807) is 20.3 Å². The number of allylic oxidation sites excluding steroid dienone is 2. The molecule has 6 rings (SSSR count). The minimum absolute atomic E-state index is 0.188. The lowest BCUT2D eigenvalue weighted by molar-refractivity contribution is -0.134. The van der Waals surface area contributed by atoms with Crippen LogP contribution in [0, 0.1) is 58.3 Å². The van der Waals surface area contributed by atoms with Gasteiger partial charge in [0, 0.05) is 56.1 Å². The minimum atomic E-state index is -0.286. The number of rotatable bonds is 19. The molecule has 1 saturated heterocycles. The van der Waals surface area contributed by atoms with Crippen LogP contribution in [0.4, 0.5) is 5.95 Å². The van der Waals surface area contributed by atoms with Crippen molar-refractivity contribution in [2.45, 2.75) is 260 Å². The highest BCUT2D eigenvalue weighted by molar-refractivity contribution is 6.04. The van der Waals surface area contributed by atoms with Crippen molar-refractivity contribution in [1.29, 1.82) is 0 Å². The first kappa shape index (κ1) is 77.2. The van der Waals surface area contributed by atoms with Gasteiger partial charge in [-0.1, -0.05) is 193 Å². The number of anilines is 1. The maximum absolute atomic E-state index is 13.0. The molecule has 11 nitrogen and oxygen atoms in total. The SMILES string of the molecule is C1CCCC1.CC.CC.CC/C(OC)=C(\CC)c1cc(C(=O)Nc2nc3ccc(C)cc3n2C)cc(C)n1.CCCC.CCCC(C)CCC(C)C.CCCCC(COC)C(C)C.Cc1cc(C2CCC(=O)NC2=O)nc(C)c1C. The highest BCUT2D eigenvalue weighted by Crippen LogP contribution is 2.28. The third-order valence-corrected chi connectivity index (χ3v) is 14.5. The number of piperidine rings is 1. The molecule has 0 radical (unpaired) electrons. The third kappa shape index (κ3) is 30.2. The second-order valence-electron chi connectivity index (χ2n) is 21.9. The van der Waals surface area contributed by atoms with Gasteiger partial charge < -0.3 is 14.0 Å². The normalized spacial score (nSPS) is 14.4. The van der Waals surface area contributed by atoms with Gasteiger partial charge in [0.2, 0.25) is 17.8 Å². The lowest BCUT2D eigenvalue weighted by Crippen LogP contribution is -2.39. The summed E-state index contributed by atoms with van der Waals surface area (Å²) < 4.78 is 12.6. The number of aromatic nitrogens is 4. The van der Waals surface area contributed by atoms with Crippen molar-refractivity contribution in [3.05, 3.63) is 87.2 Å². The van der Waals surface area contributed by atoms with Gasteiger partial charge in [0.15, 0.2) is 0 Å². The molecule has 0 bridgehead atoms. The fraction of sp³-hybridized carbons (Fsp3) is 0.681. The van der Waals surface area contributed by atoms with Gasteiger partial charge in [-0.15, -0.1) is 0 Å². The van der Waals surface area contributed by atoms with E-state index in [0.29, 0.717) is 24.4 Å². The lowest BCUT2D eigenvalue weighted by Gasteiger charge is -2.21. The van der Waals surface area contributed by atoms with Gasteiger partial charge in [-0.25, -0.2) is 4.98 Å². The van der Waals surface area contributed by atoms with Crippen molar-refractivity contribution >= 4 is 40.3 Å². The van der Waals surface area contributed by atoms with E-state index in [4.69, 9.17) is 9.47 Å². The van der Waals surface area contributed by atoms with Gasteiger partial charge in [0.25, 0.3) is 5.91 Å². The summed E-state index contributed by atoms with van der Waals surface area (Å²) in [5, 5.41) is 5.31. The first-order chi connectivity index (χ1) is 38.2. The van der Waals surface area contributed by atoms with Gasteiger partial charge in [0.05, 0.1) is 35.4 Å². The van der Waals surface area contributed by atoms with Crippen LogP contribution in [-0.4, -0.2) is 58.1 Å². The second-order valence-corrected chi connectivity index (χ2v) is 21.9. The fourth-order valence-corrected chi connectivity index (χ4v) is 9.05. The average molecular weight is 1110 g/mol. The lowest BCUT2D eigenvalue weighted by atomic mass is 9.91. The molecule has 0 spiro atoms. The molecule has 3 amide bonds. The highest BCUT2D eigenvalue weighted by atomic mass is 16.5. The first-order valence-electron chi connectivity index (χ1n) is 31.4. The van der Waals surface area contributed by atoms with Gasteiger partial charge in [-0.3, -0.25) is 35.0 Å². The average Bonchev–Trinajstić information content (AvgIpc) is 4.13. The van der Waals surface area contributed by atoms with Crippen LogP contribution in [0.3, 0.4) is 0 Å². The number of pyridine rings is 2. The summed E-state index contributed by atoms with van der Waals surface area (Å²) in [4.78, 5) is 49.5. The van der Waals surface area contributed by atoms with Gasteiger partial charge in [-0.05, 0) is 125 Å². The van der Waals surface area contributed by atoms with Gasteiger partial charge in [0.1, 0.15) is 5.76 Å². The van der Waals surface area contributed by atoms with Crippen LogP contribution in [0.1, 0.15) is 275 Å². The summed E-state index contributed by atoms with van der Waals surface area (Å²) in [6, 6.07) is 11.6. The monoisotopic (exact) mass is 1110 g/mol. The van der Waals surface area contributed by atoms with E-state index in [2.05, 4.69) is 101 Å². The fourth-order valence-electron chi connectivity index (χ4n) is 9.05. The molecule has 3 aromatic heterocycles. The Morgan fingerprint density at radius 1 is 0.738 bits per heavy atom. The molecule has 4 aromatic rings. The molecule has 1 saturated carbocycles. The summed E-state index contributed by atoms with van der Waals surface area (Å²) in [6.45, 7) is 43.3. The van der Waals surface area contributed by atoms with E-state index >= 15 is 0 Å². The zero-order chi connectivity index (χ0) is 61.3. The first-order valence-corrected chi connectivity index (χ1v) is 31.4. The van der Waals surface area contributed by atoms with Crippen LogP contribution in [0.15, 0.2) is 42.2 Å². The number of imidazole rings is 1. The number of hydrogen-bond acceptors (Lipinski definition) is 8. The van der Waals surface area contributed by atoms with E-state index in [9.17, 15) is 14.4 Å². The Kier molecular flexibility index (Phi) is 44.1. The number of benzene rings is 1. The second kappa shape index (κ2) is 45.7. The number of ether oxygens (including phenoxy) is 2.